The molecule has 27 heavy (non-hydrogen) atoms. The highest BCUT2D eigenvalue weighted by Crippen LogP contribution is 2.17. The van der Waals surface area contributed by atoms with Gasteiger partial charge in [-0.3, -0.25) is 14.0 Å². The Hall–Kier alpha value is -2.93. The first-order chi connectivity index (χ1) is 13.1. The van der Waals surface area contributed by atoms with Gasteiger partial charge in [-0.15, -0.1) is 0 Å². The third kappa shape index (κ3) is 3.93. The van der Waals surface area contributed by atoms with Crippen molar-refractivity contribution in [1.82, 2.24) is 19.6 Å². The van der Waals surface area contributed by atoms with E-state index in [1.807, 2.05) is 0 Å². The summed E-state index contributed by atoms with van der Waals surface area (Å²) in [6.45, 7) is 7.42. The number of nitrogens with zero attached hydrogens (tertiary/aromatic N) is 3. The average Bonchev–Trinajstić information content (AvgIpc) is 2.71. The number of pyridine rings is 1. The minimum absolute atomic E-state index is 0.207. The SMILES string of the molecule is CCN(CC)CCNC(=O)c1ccc2nc3ccc(OC)cc3c(=O)n2c1. The van der Waals surface area contributed by atoms with Gasteiger partial charge in [0.05, 0.1) is 23.6 Å². The lowest BCUT2D eigenvalue weighted by atomic mass is 10.2. The summed E-state index contributed by atoms with van der Waals surface area (Å²) in [5.74, 6) is 0.383. The highest BCUT2D eigenvalue weighted by Gasteiger charge is 2.11. The predicted molar refractivity (Wildman–Crippen MR) is 106 cm³/mol. The first-order valence-electron chi connectivity index (χ1n) is 9.08. The van der Waals surface area contributed by atoms with E-state index in [1.165, 1.54) is 10.6 Å². The molecule has 1 aromatic carbocycles. The number of carbonyl (C=O) groups excluding carboxylic acids is 1. The van der Waals surface area contributed by atoms with Crippen LogP contribution in [-0.2, 0) is 0 Å². The molecule has 0 saturated carbocycles. The van der Waals surface area contributed by atoms with Crippen molar-refractivity contribution in [2.75, 3.05) is 33.3 Å². The summed E-state index contributed by atoms with van der Waals surface area (Å²) >= 11 is 0. The minimum Gasteiger partial charge on any atom is -0.497 e. The number of fused-ring (bicyclic) bond motifs is 2. The fraction of sp³-hybridized carbons (Fsp3) is 0.350. The predicted octanol–water partition coefficient (Wildman–Crippen LogP) is 1.93. The molecular weight excluding hydrogens is 344 g/mol. The fourth-order valence-electron chi connectivity index (χ4n) is 3.01. The molecule has 7 nitrogen and oxygen atoms in total. The van der Waals surface area contributed by atoms with E-state index in [0.29, 0.717) is 34.4 Å². The molecule has 0 saturated heterocycles. The van der Waals surface area contributed by atoms with Gasteiger partial charge in [-0.2, -0.15) is 0 Å². The summed E-state index contributed by atoms with van der Waals surface area (Å²) < 4.78 is 6.59. The van der Waals surface area contributed by atoms with Crippen molar-refractivity contribution in [2.45, 2.75) is 13.8 Å². The quantitative estimate of drug-likeness (QED) is 0.645. The molecule has 0 aliphatic carbocycles. The summed E-state index contributed by atoms with van der Waals surface area (Å²) in [5.41, 5.74) is 1.29. The van der Waals surface area contributed by atoms with E-state index < -0.39 is 0 Å². The van der Waals surface area contributed by atoms with Gasteiger partial charge in [0.1, 0.15) is 11.4 Å². The second-order valence-electron chi connectivity index (χ2n) is 6.23. The van der Waals surface area contributed by atoms with Crippen molar-refractivity contribution >= 4 is 22.5 Å². The summed E-state index contributed by atoms with van der Waals surface area (Å²) in [5, 5.41) is 3.35. The molecule has 0 atom stereocenters. The maximum Gasteiger partial charge on any atom is 0.265 e. The number of methoxy groups -OCH3 is 1. The van der Waals surface area contributed by atoms with E-state index in [2.05, 4.69) is 29.0 Å². The number of carbonyl (C=O) groups is 1. The topological polar surface area (TPSA) is 75.9 Å². The van der Waals surface area contributed by atoms with Crippen LogP contribution >= 0.6 is 0 Å². The van der Waals surface area contributed by atoms with E-state index in [1.54, 1.807) is 37.4 Å². The number of nitrogens with one attached hydrogen (secondary N) is 1. The zero-order valence-electron chi connectivity index (χ0n) is 15.9. The van der Waals surface area contributed by atoms with Crippen LogP contribution in [-0.4, -0.2) is 53.5 Å². The molecule has 142 valence electrons. The second-order valence-corrected chi connectivity index (χ2v) is 6.23. The number of hydrogen-bond donors (Lipinski definition) is 1. The highest BCUT2D eigenvalue weighted by atomic mass is 16.5. The first-order valence-corrected chi connectivity index (χ1v) is 9.08. The molecule has 0 radical (unpaired) electrons. The van der Waals surface area contributed by atoms with Crippen LogP contribution in [0.1, 0.15) is 24.2 Å². The van der Waals surface area contributed by atoms with Crippen molar-refractivity contribution in [2.24, 2.45) is 0 Å². The van der Waals surface area contributed by atoms with Crippen molar-refractivity contribution in [3.05, 3.63) is 52.4 Å². The summed E-state index contributed by atoms with van der Waals surface area (Å²) in [6.07, 6.45) is 1.54. The smallest absolute Gasteiger partial charge is 0.265 e. The Labute approximate surface area is 157 Å². The number of aromatic nitrogens is 2. The largest absolute Gasteiger partial charge is 0.497 e. The lowest BCUT2D eigenvalue weighted by molar-refractivity contribution is 0.0948. The van der Waals surface area contributed by atoms with E-state index in [0.717, 1.165) is 19.6 Å². The average molecular weight is 368 g/mol. The second kappa shape index (κ2) is 8.18. The van der Waals surface area contributed by atoms with Crippen LogP contribution < -0.4 is 15.6 Å². The van der Waals surface area contributed by atoms with Crippen LogP contribution in [0.15, 0.2) is 41.3 Å². The Balaban J connectivity index is 1.89. The van der Waals surface area contributed by atoms with Crippen molar-refractivity contribution in [3.8, 4) is 5.75 Å². The Morgan fingerprint density at radius 2 is 2.00 bits per heavy atom. The van der Waals surface area contributed by atoms with E-state index in [9.17, 15) is 9.59 Å². The van der Waals surface area contributed by atoms with Crippen LogP contribution in [0.3, 0.4) is 0 Å². The van der Waals surface area contributed by atoms with Gasteiger partial charge in [-0.1, -0.05) is 13.8 Å². The molecule has 1 amide bonds. The fourth-order valence-corrected chi connectivity index (χ4v) is 3.01. The Morgan fingerprint density at radius 3 is 2.70 bits per heavy atom. The van der Waals surface area contributed by atoms with Crippen LogP contribution in [0.2, 0.25) is 0 Å². The maximum absolute atomic E-state index is 12.8. The molecule has 0 aliphatic heterocycles. The molecule has 0 fully saturated rings. The van der Waals surface area contributed by atoms with Gasteiger partial charge in [0.15, 0.2) is 0 Å². The molecule has 7 heteroatoms. The Morgan fingerprint density at radius 1 is 1.22 bits per heavy atom. The van der Waals surface area contributed by atoms with Crippen LogP contribution in [0.25, 0.3) is 16.6 Å². The molecule has 1 N–H and O–H groups in total. The molecule has 0 aliphatic rings. The third-order valence-corrected chi connectivity index (χ3v) is 4.69. The van der Waals surface area contributed by atoms with E-state index in [4.69, 9.17) is 4.74 Å². The van der Waals surface area contributed by atoms with Gasteiger partial charge >= 0.3 is 0 Å². The van der Waals surface area contributed by atoms with Gasteiger partial charge in [0.2, 0.25) is 0 Å². The van der Waals surface area contributed by atoms with Crippen LogP contribution in [0.4, 0.5) is 0 Å². The molecule has 0 bridgehead atoms. The Kier molecular flexibility index (Phi) is 5.71. The number of benzene rings is 1. The highest BCUT2D eigenvalue weighted by molar-refractivity contribution is 5.94. The van der Waals surface area contributed by atoms with Crippen molar-refractivity contribution < 1.29 is 9.53 Å². The number of rotatable bonds is 7. The first kappa shape index (κ1) is 18.8. The van der Waals surface area contributed by atoms with Gasteiger partial charge < -0.3 is 15.0 Å². The maximum atomic E-state index is 12.8. The lowest BCUT2D eigenvalue weighted by Crippen LogP contribution is -2.35. The van der Waals surface area contributed by atoms with Crippen LogP contribution in [0, 0.1) is 0 Å². The molecular formula is C20H24N4O3. The standard InChI is InChI=1S/C20H24N4O3/c1-4-23(5-2)11-10-21-19(25)14-6-9-18-22-17-8-7-15(27-3)12-16(17)20(26)24(18)13-14/h6-9,12-13H,4-5,10-11H2,1-3H3,(H,21,25). The molecule has 0 spiro atoms. The molecule has 2 heterocycles. The van der Waals surface area contributed by atoms with Crippen LogP contribution in [0.5, 0.6) is 5.75 Å². The van der Waals surface area contributed by atoms with E-state index >= 15 is 0 Å². The van der Waals surface area contributed by atoms with Gasteiger partial charge in [-0.05, 0) is 43.4 Å². The lowest BCUT2D eigenvalue weighted by Gasteiger charge is -2.18. The number of likely N-dealkylation sites (N-methyl/N-ethyl adjacent to an activating group) is 1. The molecule has 3 rings (SSSR count). The van der Waals surface area contributed by atoms with Gasteiger partial charge in [-0.25, -0.2) is 4.98 Å². The van der Waals surface area contributed by atoms with Crippen molar-refractivity contribution in [1.29, 1.82) is 0 Å². The molecule has 0 unspecified atom stereocenters. The number of hydrogen-bond acceptors (Lipinski definition) is 5. The Bertz CT molecular complexity index is 1020. The minimum atomic E-state index is -0.230. The monoisotopic (exact) mass is 368 g/mol. The van der Waals surface area contributed by atoms with Gasteiger partial charge in [0, 0.05) is 19.3 Å². The molecule has 3 aromatic rings. The summed E-state index contributed by atoms with van der Waals surface area (Å²) in [7, 11) is 1.55. The van der Waals surface area contributed by atoms with E-state index in [-0.39, 0.29) is 11.5 Å². The summed E-state index contributed by atoms with van der Waals surface area (Å²) in [6, 6.07) is 8.55. The number of ether oxygens (including phenoxy) is 1. The molecule has 2 aromatic heterocycles. The summed E-state index contributed by atoms with van der Waals surface area (Å²) in [4.78, 5) is 32.0. The van der Waals surface area contributed by atoms with Gasteiger partial charge in [0.25, 0.3) is 11.5 Å². The zero-order chi connectivity index (χ0) is 19.4. The third-order valence-electron chi connectivity index (χ3n) is 4.69. The van der Waals surface area contributed by atoms with Crippen molar-refractivity contribution in [3.63, 3.8) is 0 Å². The normalized spacial score (nSPS) is 11.3. The zero-order valence-corrected chi connectivity index (χ0v) is 15.9. The number of amides is 1.